The van der Waals surface area contributed by atoms with Crippen LogP contribution in [0.3, 0.4) is 0 Å². The number of carbonyl (C=O) groups is 6. The number of hydrogen-bond acceptors (Lipinski definition) is 12. The van der Waals surface area contributed by atoms with Crippen molar-refractivity contribution in [2.24, 2.45) is 0 Å². The Morgan fingerprint density at radius 3 is 1.80 bits per heavy atom. The number of imide groups is 1. The molecule has 5 N–H and O–H groups in total. The van der Waals surface area contributed by atoms with Crippen molar-refractivity contribution in [3.05, 3.63) is 42.0 Å². The Morgan fingerprint density at radius 1 is 0.720 bits per heavy atom. The maximum atomic E-state index is 12.4. The zero-order valence-corrected chi connectivity index (χ0v) is 29.2. The van der Waals surface area contributed by atoms with Gasteiger partial charge < -0.3 is 40.2 Å². The van der Waals surface area contributed by atoms with Crippen molar-refractivity contribution in [1.29, 1.82) is 0 Å². The third-order valence-corrected chi connectivity index (χ3v) is 6.60. The van der Waals surface area contributed by atoms with Gasteiger partial charge in [0.15, 0.2) is 0 Å². The number of carbonyl (C=O) groups excluding carboxylic acids is 6. The van der Waals surface area contributed by atoms with Crippen molar-refractivity contribution in [1.82, 2.24) is 20.9 Å². The van der Waals surface area contributed by atoms with Gasteiger partial charge in [0.25, 0.3) is 11.8 Å². The number of nitrogens with zero attached hydrogens (tertiary/aromatic N) is 1. The molecule has 0 bridgehead atoms. The third-order valence-electron chi connectivity index (χ3n) is 6.60. The molecular formula is C33H59N5O12. The molecule has 2 unspecified atom stereocenters. The lowest BCUT2D eigenvalue weighted by Gasteiger charge is -2.18. The number of nitrogens with one attached hydrogen (secondary N) is 4. The second kappa shape index (κ2) is 26.6. The first-order valence-corrected chi connectivity index (χ1v) is 16.5. The minimum atomic E-state index is -0.865. The minimum absolute atomic E-state index is 0. The molecule has 0 spiro atoms. The number of benzene rings is 1. The molecule has 0 fully saturated rings. The molecule has 2 rings (SSSR count). The highest BCUT2D eigenvalue weighted by Gasteiger charge is 2.23. The van der Waals surface area contributed by atoms with Crippen LogP contribution in [-0.4, -0.2) is 124 Å². The molecule has 288 valence electrons. The fraction of sp³-hybridized carbons (Fsp3) is 0.576. The van der Waals surface area contributed by atoms with Crippen molar-refractivity contribution < 1.29 is 63.6 Å². The summed E-state index contributed by atoms with van der Waals surface area (Å²) in [7, 11) is 0. The van der Waals surface area contributed by atoms with E-state index < -0.39 is 35.7 Å². The summed E-state index contributed by atoms with van der Waals surface area (Å²) in [4.78, 5) is 76.7. The van der Waals surface area contributed by atoms with Gasteiger partial charge in [0, 0.05) is 49.5 Å². The number of hydrogen-bond donors (Lipinski definition) is 5. The van der Waals surface area contributed by atoms with Crippen LogP contribution in [0.4, 0.5) is 5.69 Å². The van der Waals surface area contributed by atoms with Crippen LogP contribution in [0.25, 0.3) is 0 Å². The number of anilines is 1. The largest absolute Gasteiger partial charge is 0.379 e. The average Bonchev–Trinajstić information content (AvgIpc) is 3.43. The van der Waals surface area contributed by atoms with Crippen molar-refractivity contribution in [2.45, 2.75) is 59.2 Å². The molecule has 50 heavy (non-hydrogen) atoms. The van der Waals surface area contributed by atoms with E-state index in [1.807, 2.05) is 13.8 Å². The SMILES string of the molecule is CC.CC(NC(=O)CCOCCOCCOCCOCCNC(=O)CCN1C(=O)C=CC1=O)C(=O)NC(C)C(=O)Nc1ccc(COO)cc1.[HH].[HH].[HH].[HH]. The fourth-order valence-electron chi connectivity index (χ4n) is 3.94. The number of rotatable bonds is 25. The van der Waals surface area contributed by atoms with Crippen LogP contribution in [0.15, 0.2) is 36.4 Å². The first-order valence-electron chi connectivity index (χ1n) is 16.5. The summed E-state index contributed by atoms with van der Waals surface area (Å²) in [5, 5.41) is 18.9. The summed E-state index contributed by atoms with van der Waals surface area (Å²) < 4.78 is 21.6. The minimum Gasteiger partial charge on any atom is -0.379 e. The molecule has 1 aromatic rings. The van der Waals surface area contributed by atoms with Gasteiger partial charge in [-0.25, -0.2) is 4.89 Å². The summed E-state index contributed by atoms with van der Waals surface area (Å²) in [6, 6.07) is 4.89. The van der Waals surface area contributed by atoms with Gasteiger partial charge in [-0.05, 0) is 31.5 Å². The van der Waals surface area contributed by atoms with Gasteiger partial charge in [-0.1, -0.05) is 26.0 Å². The van der Waals surface area contributed by atoms with Gasteiger partial charge in [0.1, 0.15) is 18.7 Å². The molecule has 0 aliphatic carbocycles. The van der Waals surface area contributed by atoms with Crippen LogP contribution in [0.1, 0.15) is 51.8 Å². The number of amides is 6. The maximum Gasteiger partial charge on any atom is 0.253 e. The Bertz CT molecular complexity index is 1230. The first-order chi connectivity index (χ1) is 24.1. The Morgan fingerprint density at radius 2 is 1.24 bits per heavy atom. The van der Waals surface area contributed by atoms with Gasteiger partial charge in [-0.2, -0.15) is 0 Å². The molecule has 0 saturated carbocycles. The van der Waals surface area contributed by atoms with Crippen LogP contribution in [0, 0.1) is 0 Å². The monoisotopic (exact) mass is 717 g/mol. The van der Waals surface area contributed by atoms with E-state index in [-0.39, 0.29) is 63.3 Å². The predicted molar refractivity (Wildman–Crippen MR) is 189 cm³/mol. The number of ether oxygens (including phenoxy) is 4. The summed E-state index contributed by atoms with van der Waals surface area (Å²) in [6.45, 7) is 9.73. The fourth-order valence-corrected chi connectivity index (χ4v) is 3.94. The average molecular weight is 718 g/mol. The molecule has 17 nitrogen and oxygen atoms in total. The van der Waals surface area contributed by atoms with E-state index in [1.54, 1.807) is 24.3 Å². The second-order valence-corrected chi connectivity index (χ2v) is 10.4. The molecule has 6 amide bonds. The smallest absolute Gasteiger partial charge is 0.253 e. The van der Waals surface area contributed by atoms with Crippen LogP contribution >= 0.6 is 0 Å². The highest BCUT2D eigenvalue weighted by molar-refractivity contribution is 6.13. The lowest BCUT2D eigenvalue weighted by atomic mass is 10.2. The Balaban J connectivity index is -0.00000205. The van der Waals surface area contributed by atoms with Crippen molar-refractivity contribution in [3.63, 3.8) is 0 Å². The van der Waals surface area contributed by atoms with Crippen LogP contribution < -0.4 is 21.3 Å². The van der Waals surface area contributed by atoms with Crippen molar-refractivity contribution in [3.8, 4) is 0 Å². The third kappa shape index (κ3) is 19.1. The molecule has 1 aliphatic heterocycles. The predicted octanol–water partition coefficient (Wildman–Crippen LogP) is 1.52. The molecule has 1 heterocycles. The Hall–Kier alpha value is -4.26. The van der Waals surface area contributed by atoms with Gasteiger partial charge in [0.05, 0.1) is 52.9 Å². The van der Waals surface area contributed by atoms with Gasteiger partial charge in [0.2, 0.25) is 23.6 Å². The highest BCUT2D eigenvalue weighted by Crippen LogP contribution is 2.10. The van der Waals surface area contributed by atoms with Crippen LogP contribution in [-0.2, 0) is 59.2 Å². The Kier molecular flexibility index (Phi) is 23.3. The summed E-state index contributed by atoms with van der Waals surface area (Å²) in [6.07, 6.45) is 2.41. The quantitative estimate of drug-likeness (QED) is 0.0421. The van der Waals surface area contributed by atoms with E-state index in [4.69, 9.17) is 24.2 Å². The van der Waals surface area contributed by atoms with E-state index in [1.165, 1.54) is 26.0 Å². The lowest BCUT2D eigenvalue weighted by Crippen LogP contribution is -2.50. The van der Waals surface area contributed by atoms with E-state index in [2.05, 4.69) is 26.2 Å². The normalized spacial score (nSPS) is 13.3. The van der Waals surface area contributed by atoms with Gasteiger partial charge >= 0.3 is 0 Å². The topological polar surface area (TPSA) is 220 Å². The zero-order valence-electron chi connectivity index (χ0n) is 29.2. The van der Waals surface area contributed by atoms with Crippen LogP contribution in [0.2, 0.25) is 0 Å². The molecule has 1 aliphatic rings. The highest BCUT2D eigenvalue weighted by atomic mass is 17.1. The van der Waals surface area contributed by atoms with Gasteiger partial charge in [-0.3, -0.25) is 38.9 Å². The molecule has 0 radical (unpaired) electrons. The lowest BCUT2D eigenvalue weighted by molar-refractivity contribution is -0.253. The van der Waals surface area contributed by atoms with E-state index in [0.29, 0.717) is 50.8 Å². The summed E-state index contributed by atoms with van der Waals surface area (Å²) in [5.74, 6) is -2.46. The summed E-state index contributed by atoms with van der Waals surface area (Å²) >= 11 is 0. The maximum absolute atomic E-state index is 12.4. The molecule has 0 saturated heterocycles. The van der Waals surface area contributed by atoms with Gasteiger partial charge in [-0.15, -0.1) is 0 Å². The molecule has 2 atom stereocenters. The Labute approximate surface area is 298 Å². The first kappa shape index (κ1) is 43.8. The van der Waals surface area contributed by atoms with E-state index in [0.717, 1.165) is 4.90 Å². The zero-order chi connectivity index (χ0) is 37.1. The van der Waals surface area contributed by atoms with Crippen LogP contribution in [0.5, 0.6) is 0 Å². The molecule has 1 aromatic carbocycles. The van der Waals surface area contributed by atoms with Crippen molar-refractivity contribution in [2.75, 3.05) is 71.3 Å². The molecule has 0 aromatic heterocycles. The second-order valence-electron chi connectivity index (χ2n) is 10.4. The standard InChI is InChI=1S/C31H45N5O12.C2H6.4H2/c1-22(30(41)34-23(2)31(42)35-25-5-3-24(4-6-25)21-48-43)33-27(38)10-13-44-15-17-46-19-20-47-18-16-45-14-11-32-26(37)9-12-36-28(39)7-8-29(36)40;1-2;;;;/h3-8,22-23,43H,9-21H2,1-2H3,(H,32,37)(H,33,38)(H,34,41)(H,35,42);1-2H3;4*1H. The molecule has 17 heteroatoms. The van der Waals surface area contributed by atoms with E-state index in [9.17, 15) is 28.8 Å². The van der Waals surface area contributed by atoms with Crippen molar-refractivity contribution >= 4 is 41.1 Å². The summed E-state index contributed by atoms with van der Waals surface area (Å²) in [5.41, 5.74) is 1.22. The molecular weight excluding hydrogens is 658 g/mol. The van der Waals surface area contributed by atoms with E-state index >= 15 is 0 Å².